The molecule has 0 radical (unpaired) electrons. The zero-order valence-corrected chi connectivity index (χ0v) is 16.1. The third-order valence-electron chi connectivity index (χ3n) is 4.18. The molecule has 0 bridgehead atoms. The fourth-order valence-electron chi connectivity index (χ4n) is 2.88. The zero-order chi connectivity index (χ0) is 21.1. The lowest BCUT2D eigenvalue weighted by atomic mass is 10.3. The van der Waals surface area contributed by atoms with E-state index in [-0.39, 0.29) is 19.6 Å². The van der Waals surface area contributed by atoms with Crippen molar-refractivity contribution in [1.82, 2.24) is 19.6 Å². The smallest absolute Gasteiger partial charge is 0.323 e. The van der Waals surface area contributed by atoms with Crippen LogP contribution in [0.25, 0.3) is 0 Å². The number of carboxylic acid groups (broad SMARTS) is 3. The Balaban J connectivity index is 2.99. The summed E-state index contributed by atoms with van der Waals surface area (Å²) in [6, 6.07) is 0. The van der Waals surface area contributed by atoms with Crippen LogP contribution < -0.4 is 0 Å². The maximum absolute atomic E-state index is 11.1. The van der Waals surface area contributed by atoms with Crippen molar-refractivity contribution in [3.8, 4) is 0 Å². The number of rotatable bonds is 8. The molecule has 11 nitrogen and oxygen atoms in total. The molecule has 1 atom stereocenters. The van der Waals surface area contributed by atoms with Gasteiger partial charge in [0.1, 0.15) is 6.54 Å². The number of carboxylic acids is 3. The second-order valence-electron chi connectivity index (χ2n) is 6.85. The van der Waals surface area contributed by atoms with Crippen LogP contribution >= 0.6 is 0 Å². The summed E-state index contributed by atoms with van der Waals surface area (Å²) in [6.45, 7) is 3.53. The summed E-state index contributed by atoms with van der Waals surface area (Å²) < 4.78 is 0. The van der Waals surface area contributed by atoms with Gasteiger partial charge in [-0.1, -0.05) is 0 Å². The van der Waals surface area contributed by atoms with E-state index in [0.717, 1.165) is 0 Å². The van der Waals surface area contributed by atoms with Crippen LogP contribution in [0.15, 0.2) is 12.4 Å². The van der Waals surface area contributed by atoms with Gasteiger partial charge in [0.25, 0.3) is 0 Å². The predicted molar refractivity (Wildman–Crippen MR) is 99.8 cm³/mol. The van der Waals surface area contributed by atoms with Crippen molar-refractivity contribution in [2.75, 3.05) is 65.4 Å². The van der Waals surface area contributed by atoms with E-state index in [9.17, 15) is 19.5 Å². The lowest BCUT2D eigenvalue weighted by Crippen LogP contribution is -2.45. The third-order valence-corrected chi connectivity index (χ3v) is 4.18. The number of carbonyl (C=O) groups is 3. The lowest BCUT2D eigenvalue weighted by Gasteiger charge is -2.31. The molecule has 160 valence electrons. The molecule has 11 heteroatoms. The Bertz CT molecular complexity index is 556. The Morgan fingerprint density at radius 1 is 0.750 bits per heavy atom. The second-order valence-corrected chi connectivity index (χ2v) is 6.85. The maximum Gasteiger partial charge on any atom is 0.323 e. The van der Waals surface area contributed by atoms with Crippen molar-refractivity contribution in [2.45, 2.75) is 13.0 Å². The van der Waals surface area contributed by atoms with Crippen LogP contribution in [0, 0.1) is 0 Å². The summed E-state index contributed by atoms with van der Waals surface area (Å²) in [5.41, 5.74) is 0. The molecule has 1 unspecified atom stereocenters. The Hall–Kier alpha value is -2.37. The van der Waals surface area contributed by atoms with Gasteiger partial charge in [0, 0.05) is 58.2 Å². The van der Waals surface area contributed by atoms with Crippen LogP contribution in [0.1, 0.15) is 6.92 Å². The fourth-order valence-corrected chi connectivity index (χ4v) is 2.88. The number of aliphatic carboxylic acids is 3. The van der Waals surface area contributed by atoms with Crippen molar-refractivity contribution < 1.29 is 34.8 Å². The minimum Gasteiger partial charge on any atom is -0.480 e. The highest BCUT2D eigenvalue weighted by Crippen LogP contribution is 2.03. The molecule has 1 aliphatic rings. The molecule has 28 heavy (non-hydrogen) atoms. The van der Waals surface area contributed by atoms with Gasteiger partial charge in [0.05, 0.1) is 19.2 Å². The Labute approximate surface area is 164 Å². The van der Waals surface area contributed by atoms with Crippen molar-refractivity contribution >= 4 is 17.9 Å². The average molecular weight is 402 g/mol. The minimum atomic E-state index is -1.00. The van der Waals surface area contributed by atoms with Crippen LogP contribution in [0.5, 0.6) is 0 Å². The van der Waals surface area contributed by atoms with Crippen LogP contribution in [-0.4, -0.2) is 129 Å². The molecular weight excluding hydrogens is 372 g/mol. The van der Waals surface area contributed by atoms with Crippen LogP contribution in [0.2, 0.25) is 0 Å². The van der Waals surface area contributed by atoms with Gasteiger partial charge in [-0.2, -0.15) is 0 Å². The van der Waals surface area contributed by atoms with E-state index in [1.54, 1.807) is 34.0 Å². The first-order valence-electron chi connectivity index (χ1n) is 9.10. The standard InChI is InChI=1S/C17H30N4O7/c1-14(22)10-18-2-4-19(11-15(23)24)6-8-21(13-17(27)28)9-7-20(5-3-18)12-16(25)26/h2,4,14,22H,3,5-13H2,1H3,(H,23,24)(H,25,26)(H,27,28)/b4-2-. The maximum atomic E-state index is 11.1. The van der Waals surface area contributed by atoms with Gasteiger partial charge in [0.15, 0.2) is 0 Å². The monoisotopic (exact) mass is 402 g/mol. The van der Waals surface area contributed by atoms with Crippen LogP contribution in [0.4, 0.5) is 0 Å². The van der Waals surface area contributed by atoms with Crippen molar-refractivity contribution in [3.63, 3.8) is 0 Å². The Morgan fingerprint density at radius 2 is 1.14 bits per heavy atom. The highest BCUT2D eigenvalue weighted by Gasteiger charge is 2.18. The molecule has 0 fully saturated rings. The first-order valence-corrected chi connectivity index (χ1v) is 9.10. The molecule has 0 aliphatic carbocycles. The fraction of sp³-hybridized carbons (Fsp3) is 0.706. The molecule has 1 aliphatic heterocycles. The molecular formula is C17H30N4O7. The van der Waals surface area contributed by atoms with E-state index >= 15 is 0 Å². The molecule has 0 aromatic rings. The number of β-amino-alcohol motifs (C(OH)–C–C–N with tert-alkyl or cyclic N) is 1. The summed E-state index contributed by atoms with van der Waals surface area (Å²) in [7, 11) is 0. The molecule has 0 saturated heterocycles. The average Bonchev–Trinajstić information content (AvgIpc) is 2.55. The first kappa shape index (κ1) is 23.7. The van der Waals surface area contributed by atoms with E-state index in [1.807, 2.05) is 4.90 Å². The molecule has 0 saturated carbocycles. The molecule has 0 aromatic carbocycles. The largest absolute Gasteiger partial charge is 0.480 e. The normalized spacial score (nSPS) is 20.1. The van der Waals surface area contributed by atoms with Gasteiger partial charge in [-0.15, -0.1) is 0 Å². The SMILES string of the molecule is CC(O)CN1/C=C\N(CC(=O)O)CCN(CC(=O)O)CCN(CC(=O)O)CC1. The van der Waals surface area contributed by atoms with Gasteiger partial charge < -0.3 is 30.2 Å². The number of aliphatic hydroxyl groups is 1. The molecule has 0 aromatic heterocycles. The minimum absolute atomic E-state index is 0.168. The third kappa shape index (κ3) is 10.7. The van der Waals surface area contributed by atoms with Gasteiger partial charge in [0.2, 0.25) is 0 Å². The lowest BCUT2D eigenvalue weighted by molar-refractivity contribution is -0.140. The Morgan fingerprint density at radius 3 is 1.57 bits per heavy atom. The number of hydrogen-bond donors (Lipinski definition) is 4. The molecule has 0 amide bonds. The summed E-state index contributed by atoms with van der Waals surface area (Å²) in [5, 5.41) is 37.0. The quantitative estimate of drug-likeness (QED) is 0.369. The zero-order valence-electron chi connectivity index (χ0n) is 16.1. The molecule has 4 N–H and O–H groups in total. The first-order chi connectivity index (χ1) is 13.2. The summed E-state index contributed by atoms with van der Waals surface area (Å²) in [6.07, 6.45) is 2.68. The van der Waals surface area contributed by atoms with Gasteiger partial charge in [-0.3, -0.25) is 24.2 Å². The number of nitrogens with zero attached hydrogens (tertiary/aromatic N) is 4. The topological polar surface area (TPSA) is 145 Å². The van der Waals surface area contributed by atoms with E-state index in [0.29, 0.717) is 45.8 Å². The van der Waals surface area contributed by atoms with E-state index < -0.39 is 24.0 Å². The van der Waals surface area contributed by atoms with Crippen molar-refractivity contribution in [1.29, 1.82) is 0 Å². The van der Waals surface area contributed by atoms with Crippen molar-refractivity contribution in [3.05, 3.63) is 12.4 Å². The molecule has 0 spiro atoms. The number of hydrogen-bond acceptors (Lipinski definition) is 8. The summed E-state index contributed by atoms with van der Waals surface area (Å²) >= 11 is 0. The number of aliphatic hydroxyl groups excluding tert-OH is 1. The van der Waals surface area contributed by atoms with E-state index in [2.05, 4.69) is 0 Å². The molecule has 1 rings (SSSR count). The van der Waals surface area contributed by atoms with Crippen LogP contribution in [0.3, 0.4) is 0 Å². The van der Waals surface area contributed by atoms with E-state index in [4.69, 9.17) is 15.3 Å². The Kier molecular flexibility index (Phi) is 10.3. The van der Waals surface area contributed by atoms with Gasteiger partial charge >= 0.3 is 17.9 Å². The highest BCUT2D eigenvalue weighted by atomic mass is 16.4. The second kappa shape index (κ2) is 12.2. The van der Waals surface area contributed by atoms with E-state index in [1.165, 1.54) is 0 Å². The summed E-state index contributed by atoms with van der Waals surface area (Å²) in [5.74, 6) is -2.97. The molecule has 1 heterocycles. The van der Waals surface area contributed by atoms with Crippen LogP contribution in [-0.2, 0) is 14.4 Å². The summed E-state index contributed by atoms with van der Waals surface area (Å²) in [4.78, 5) is 40.1. The van der Waals surface area contributed by atoms with Gasteiger partial charge in [-0.25, -0.2) is 0 Å². The predicted octanol–water partition coefficient (Wildman–Crippen LogP) is -1.69. The van der Waals surface area contributed by atoms with Crippen molar-refractivity contribution in [2.24, 2.45) is 0 Å². The highest BCUT2D eigenvalue weighted by molar-refractivity contribution is 5.70. The van der Waals surface area contributed by atoms with Gasteiger partial charge in [-0.05, 0) is 6.92 Å².